The second kappa shape index (κ2) is 6.60. The van der Waals surface area contributed by atoms with Gasteiger partial charge in [-0.05, 0) is 44.1 Å². The van der Waals surface area contributed by atoms with E-state index in [2.05, 4.69) is 5.32 Å². The molecule has 0 spiro atoms. The van der Waals surface area contributed by atoms with Gasteiger partial charge in [0.25, 0.3) is 5.91 Å². The van der Waals surface area contributed by atoms with E-state index in [0.29, 0.717) is 12.8 Å². The number of carbonyl (C=O) groups excluding carboxylic acids is 1. The number of fused-ring (bicyclic) bond motifs is 1. The maximum atomic E-state index is 12.4. The molecule has 1 aliphatic rings. The molecule has 0 saturated heterocycles. The molecule has 1 amide bonds. The van der Waals surface area contributed by atoms with Crippen molar-refractivity contribution in [1.29, 1.82) is 0 Å². The van der Waals surface area contributed by atoms with Gasteiger partial charge in [-0.25, -0.2) is 0 Å². The van der Waals surface area contributed by atoms with E-state index in [9.17, 15) is 14.7 Å². The molecule has 1 aliphatic carbocycles. The third-order valence-corrected chi connectivity index (χ3v) is 5.79. The van der Waals surface area contributed by atoms with Gasteiger partial charge in [-0.3, -0.25) is 9.59 Å². The summed E-state index contributed by atoms with van der Waals surface area (Å²) in [6.45, 7) is 3.91. The SMILES string of the molecule is CCC(CC)(CNC(=O)c1csc2c1CCCC2)C(=O)O. The molecule has 2 rings (SSSR count). The lowest BCUT2D eigenvalue weighted by Gasteiger charge is -2.27. The quantitative estimate of drug-likeness (QED) is 0.847. The Hall–Kier alpha value is -1.36. The number of nitrogens with one attached hydrogen (secondary N) is 1. The highest BCUT2D eigenvalue weighted by Crippen LogP contribution is 2.31. The molecule has 0 unspecified atom stereocenters. The van der Waals surface area contributed by atoms with Crippen LogP contribution in [0.25, 0.3) is 0 Å². The lowest BCUT2D eigenvalue weighted by molar-refractivity contribution is -0.149. The van der Waals surface area contributed by atoms with Crippen LogP contribution in [0, 0.1) is 5.41 Å². The van der Waals surface area contributed by atoms with Crippen molar-refractivity contribution in [3.63, 3.8) is 0 Å². The smallest absolute Gasteiger partial charge is 0.311 e. The van der Waals surface area contributed by atoms with Crippen LogP contribution in [0.2, 0.25) is 0 Å². The van der Waals surface area contributed by atoms with E-state index in [4.69, 9.17) is 0 Å². The number of aryl methyl sites for hydroxylation is 1. The van der Waals surface area contributed by atoms with Crippen molar-refractivity contribution >= 4 is 23.2 Å². The fraction of sp³-hybridized carbons (Fsp3) is 0.625. The minimum Gasteiger partial charge on any atom is -0.481 e. The van der Waals surface area contributed by atoms with E-state index in [1.54, 1.807) is 11.3 Å². The first-order valence-electron chi connectivity index (χ1n) is 7.65. The van der Waals surface area contributed by atoms with Crippen LogP contribution in [-0.2, 0) is 17.6 Å². The van der Waals surface area contributed by atoms with Gasteiger partial charge in [0.15, 0.2) is 0 Å². The Morgan fingerprint density at radius 1 is 1.29 bits per heavy atom. The first-order chi connectivity index (χ1) is 10.0. The molecule has 0 bridgehead atoms. The molecular weight excluding hydrogens is 286 g/mol. The number of carboxylic acids is 1. The Morgan fingerprint density at radius 3 is 2.57 bits per heavy atom. The van der Waals surface area contributed by atoms with Gasteiger partial charge >= 0.3 is 5.97 Å². The highest BCUT2D eigenvalue weighted by atomic mass is 32.1. The molecule has 5 heteroatoms. The Balaban J connectivity index is 2.08. The molecule has 0 saturated carbocycles. The predicted octanol–water partition coefficient (Wildman–Crippen LogP) is 3.25. The second-order valence-corrected chi connectivity index (χ2v) is 6.70. The monoisotopic (exact) mass is 309 g/mol. The van der Waals surface area contributed by atoms with Gasteiger partial charge in [-0.15, -0.1) is 11.3 Å². The summed E-state index contributed by atoms with van der Waals surface area (Å²) in [4.78, 5) is 25.2. The number of carboxylic acid groups (broad SMARTS) is 1. The number of hydrogen-bond acceptors (Lipinski definition) is 3. The average molecular weight is 309 g/mol. The van der Waals surface area contributed by atoms with E-state index in [0.717, 1.165) is 24.8 Å². The number of carbonyl (C=O) groups is 2. The number of amides is 1. The zero-order valence-electron chi connectivity index (χ0n) is 12.7. The van der Waals surface area contributed by atoms with Crippen molar-refractivity contribution in [2.24, 2.45) is 5.41 Å². The summed E-state index contributed by atoms with van der Waals surface area (Å²) in [5.41, 5.74) is 1.07. The van der Waals surface area contributed by atoms with Gasteiger partial charge < -0.3 is 10.4 Å². The minimum atomic E-state index is -0.855. The van der Waals surface area contributed by atoms with E-state index >= 15 is 0 Å². The number of aliphatic carboxylic acids is 1. The van der Waals surface area contributed by atoms with Gasteiger partial charge in [-0.2, -0.15) is 0 Å². The molecule has 116 valence electrons. The number of thiophene rings is 1. The summed E-state index contributed by atoms with van der Waals surface area (Å²) in [5, 5.41) is 14.2. The average Bonchev–Trinajstić information content (AvgIpc) is 2.92. The summed E-state index contributed by atoms with van der Waals surface area (Å²) >= 11 is 1.65. The summed E-state index contributed by atoms with van der Waals surface area (Å²) in [5.74, 6) is -0.956. The lowest BCUT2D eigenvalue weighted by atomic mass is 9.82. The van der Waals surface area contributed by atoms with E-state index in [-0.39, 0.29) is 12.5 Å². The first-order valence-corrected chi connectivity index (χ1v) is 8.53. The Kier molecular flexibility index (Phi) is 5.04. The van der Waals surface area contributed by atoms with Crippen molar-refractivity contribution in [2.45, 2.75) is 52.4 Å². The molecular formula is C16H23NO3S. The number of hydrogen-bond donors (Lipinski definition) is 2. The number of rotatable bonds is 6. The Morgan fingerprint density at radius 2 is 1.95 bits per heavy atom. The molecule has 1 aromatic heterocycles. The van der Waals surface area contributed by atoms with Gasteiger partial charge in [0.1, 0.15) is 0 Å². The van der Waals surface area contributed by atoms with Crippen LogP contribution in [0.5, 0.6) is 0 Å². The molecule has 21 heavy (non-hydrogen) atoms. The summed E-state index contributed by atoms with van der Waals surface area (Å²) < 4.78 is 0. The third kappa shape index (κ3) is 3.12. The summed E-state index contributed by atoms with van der Waals surface area (Å²) in [6, 6.07) is 0. The second-order valence-electron chi connectivity index (χ2n) is 5.73. The minimum absolute atomic E-state index is 0.123. The van der Waals surface area contributed by atoms with Gasteiger partial charge in [0, 0.05) is 16.8 Å². The van der Waals surface area contributed by atoms with Crippen molar-refractivity contribution in [2.75, 3.05) is 6.54 Å². The van der Waals surface area contributed by atoms with Crippen LogP contribution in [-0.4, -0.2) is 23.5 Å². The van der Waals surface area contributed by atoms with Crippen LogP contribution in [0.15, 0.2) is 5.38 Å². The Bertz CT molecular complexity index is 532. The van der Waals surface area contributed by atoms with Crippen molar-refractivity contribution in [3.05, 3.63) is 21.4 Å². The van der Waals surface area contributed by atoms with E-state index < -0.39 is 11.4 Å². The highest BCUT2D eigenvalue weighted by Gasteiger charge is 2.35. The standard InChI is InChI=1S/C16H23NO3S/c1-3-16(4-2,15(19)20)10-17-14(18)12-9-21-13-8-6-5-7-11(12)13/h9H,3-8,10H2,1-2H3,(H,17,18)(H,19,20). The Labute approximate surface area is 129 Å². The molecule has 0 radical (unpaired) electrons. The van der Waals surface area contributed by atoms with Gasteiger partial charge in [-0.1, -0.05) is 13.8 Å². The maximum absolute atomic E-state index is 12.4. The largest absolute Gasteiger partial charge is 0.481 e. The van der Waals surface area contributed by atoms with Crippen molar-refractivity contribution < 1.29 is 14.7 Å². The molecule has 0 atom stereocenters. The molecule has 0 fully saturated rings. The topological polar surface area (TPSA) is 66.4 Å². The van der Waals surface area contributed by atoms with E-state index in [1.807, 2.05) is 19.2 Å². The van der Waals surface area contributed by atoms with Crippen LogP contribution < -0.4 is 5.32 Å². The maximum Gasteiger partial charge on any atom is 0.311 e. The fourth-order valence-corrected chi connectivity index (χ4v) is 4.03. The van der Waals surface area contributed by atoms with Crippen LogP contribution in [0.4, 0.5) is 0 Å². The zero-order valence-corrected chi connectivity index (χ0v) is 13.5. The van der Waals surface area contributed by atoms with Gasteiger partial charge in [0.05, 0.1) is 11.0 Å². The third-order valence-electron chi connectivity index (χ3n) is 4.70. The predicted molar refractivity (Wildman–Crippen MR) is 83.9 cm³/mol. The van der Waals surface area contributed by atoms with E-state index in [1.165, 1.54) is 16.9 Å². The molecule has 0 aliphatic heterocycles. The summed E-state index contributed by atoms with van der Waals surface area (Å²) in [7, 11) is 0. The summed E-state index contributed by atoms with van der Waals surface area (Å²) in [6.07, 6.45) is 5.39. The van der Waals surface area contributed by atoms with Gasteiger partial charge in [0.2, 0.25) is 0 Å². The van der Waals surface area contributed by atoms with Crippen LogP contribution >= 0.6 is 11.3 Å². The molecule has 2 N–H and O–H groups in total. The fourth-order valence-electron chi connectivity index (χ4n) is 2.91. The molecule has 1 heterocycles. The molecule has 0 aromatic carbocycles. The molecule has 4 nitrogen and oxygen atoms in total. The first kappa shape index (κ1) is 16.0. The molecule has 1 aromatic rings. The highest BCUT2D eigenvalue weighted by molar-refractivity contribution is 7.10. The normalized spacial score (nSPS) is 14.6. The van der Waals surface area contributed by atoms with Crippen LogP contribution in [0.1, 0.15) is 60.3 Å². The lowest BCUT2D eigenvalue weighted by Crippen LogP contribution is -2.42. The van der Waals surface area contributed by atoms with Crippen LogP contribution in [0.3, 0.4) is 0 Å². The zero-order chi connectivity index (χ0) is 15.5. The van der Waals surface area contributed by atoms with Crippen molar-refractivity contribution in [1.82, 2.24) is 5.32 Å². The van der Waals surface area contributed by atoms with Crippen molar-refractivity contribution in [3.8, 4) is 0 Å².